The summed E-state index contributed by atoms with van der Waals surface area (Å²) in [6.45, 7) is 0.232. The minimum absolute atomic E-state index is 0. The number of rotatable bonds is 5. The van der Waals surface area contributed by atoms with E-state index in [0.717, 1.165) is 30.8 Å². The van der Waals surface area contributed by atoms with Gasteiger partial charge < -0.3 is 19.7 Å². The minimum atomic E-state index is -0.401. The summed E-state index contributed by atoms with van der Waals surface area (Å²) in [5, 5.41) is 3.94. The lowest BCUT2D eigenvalue weighted by Gasteiger charge is -2.34. The SMILES string of the molecule is COc1ccc(OCc2nc(C3(N)CCC3)no2)cc1.Cl. The molecule has 1 fully saturated rings. The van der Waals surface area contributed by atoms with E-state index >= 15 is 0 Å². The first-order valence-corrected chi connectivity index (χ1v) is 6.58. The van der Waals surface area contributed by atoms with E-state index in [1.165, 1.54) is 0 Å². The van der Waals surface area contributed by atoms with E-state index in [2.05, 4.69) is 10.1 Å². The molecule has 0 bridgehead atoms. The van der Waals surface area contributed by atoms with Crippen LogP contribution in [0, 0.1) is 0 Å². The Bertz CT molecular complexity index is 581. The predicted octanol–water partition coefficient (Wildman–Crippen LogP) is 2.42. The first kappa shape index (κ1) is 15.6. The van der Waals surface area contributed by atoms with E-state index in [0.29, 0.717) is 11.7 Å². The molecule has 3 rings (SSSR count). The fourth-order valence-corrected chi connectivity index (χ4v) is 2.11. The zero-order chi connectivity index (χ0) is 14.0. The molecular weight excluding hydrogens is 294 g/mol. The Hall–Kier alpha value is -1.79. The van der Waals surface area contributed by atoms with Gasteiger partial charge in [-0.15, -0.1) is 12.4 Å². The molecule has 1 heterocycles. The average Bonchev–Trinajstić information content (AvgIpc) is 2.92. The van der Waals surface area contributed by atoms with E-state index in [1.807, 2.05) is 24.3 Å². The average molecular weight is 312 g/mol. The Morgan fingerprint density at radius 1 is 1.24 bits per heavy atom. The molecule has 1 aliphatic rings. The van der Waals surface area contributed by atoms with Gasteiger partial charge in [-0.1, -0.05) is 5.16 Å². The van der Waals surface area contributed by atoms with Crippen LogP contribution in [-0.2, 0) is 12.1 Å². The van der Waals surface area contributed by atoms with Crippen LogP contribution >= 0.6 is 12.4 Å². The van der Waals surface area contributed by atoms with Crippen molar-refractivity contribution in [3.63, 3.8) is 0 Å². The van der Waals surface area contributed by atoms with Crippen molar-refractivity contribution in [2.75, 3.05) is 7.11 Å². The van der Waals surface area contributed by atoms with Crippen molar-refractivity contribution in [1.82, 2.24) is 10.1 Å². The Morgan fingerprint density at radius 3 is 2.48 bits per heavy atom. The third-order valence-electron chi connectivity index (χ3n) is 3.58. The van der Waals surface area contributed by atoms with Crippen LogP contribution in [0.1, 0.15) is 31.0 Å². The highest BCUT2D eigenvalue weighted by Gasteiger charge is 2.38. The van der Waals surface area contributed by atoms with Crippen molar-refractivity contribution < 1.29 is 14.0 Å². The van der Waals surface area contributed by atoms with Crippen LogP contribution in [0.2, 0.25) is 0 Å². The van der Waals surface area contributed by atoms with Crippen LogP contribution in [0.25, 0.3) is 0 Å². The van der Waals surface area contributed by atoms with Gasteiger partial charge in [0.05, 0.1) is 12.6 Å². The lowest BCUT2D eigenvalue weighted by atomic mass is 9.77. The van der Waals surface area contributed by atoms with Crippen molar-refractivity contribution >= 4 is 12.4 Å². The molecule has 114 valence electrons. The van der Waals surface area contributed by atoms with E-state index in [4.69, 9.17) is 19.7 Å². The maximum absolute atomic E-state index is 6.14. The van der Waals surface area contributed by atoms with Gasteiger partial charge in [-0.25, -0.2) is 0 Å². The van der Waals surface area contributed by atoms with Crippen LogP contribution in [0.15, 0.2) is 28.8 Å². The largest absolute Gasteiger partial charge is 0.497 e. The molecule has 1 saturated carbocycles. The summed E-state index contributed by atoms with van der Waals surface area (Å²) < 4.78 is 15.8. The maximum atomic E-state index is 6.14. The highest BCUT2D eigenvalue weighted by Crippen LogP contribution is 2.36. The zero-order valence-electron chi connectivity index (χ0n) is 11.7. The van der Waals surface area contributed by atoms with Crippen LogP contribution in [0.3, 0.4) is 0 Å². The molecule has 2 aromatic rings. The van der Waals surface area contributed by atoms with Crippen molar-refractivity contribution in [2.24, 2.45) is 5.73 Å². The quantitative estimate of drug-likeness (QED) is 0.913. The molecule has 21 heavy (non-hydrogen) atoms. The van der Waals surface area contributed by atoms with Gasteiger partial charge in [-0.3, -0.25) is 0 Å². The number of benzene rings is 1. The fourth-order valence-electron chi connectivity index (χ4n) is 2.11. The monoisotopic (exact) mass is 311 g/mol. The van der Waals surface area contributed by atoms with E-state index in [9.17, 15) is 0 Å². The summed E-state index contributed by atoms with van der Waals surface area (Å²) in [5.74, 6) is 2.52. The molecule has 0 saturated heterocycles. The summed E-state index contributed by atoms with van der Waals surface area (Å²) in [5.41, 5.74) is 5.74. The van der Waals surface area contributed by atoms with Gasteiger partial charge in [0.15, 0.2) is 12.4 Å². The first-order chi connectivity index (χ1) is 9.69. The van der Waals surface area contributed by atoms with Gasteiger partial charge in [0.2, 0.25) is 0 Å². The number of methoxy groups -OCH3 is 1. The fraction of sp³-hybridized carbons (Fsp3) is 0.429. The molecule has 6 nitrogen and oxygen atoms in total. The van der Waals surface area contributed by atoms with Crippen LogP contribution in [-0.4, -0.2) is 17.3 Å². The topological polar surface area (TPSA) is 83.4 Å². The van der Waals surface area contributed by atoms with Gasteiger partial charge in [-0.2, -0.15) is 4.98 Å². The van der Waals surface area contributed by atoms with Crippen molar-refractivity contribution in [2.45, 2.75) is 31.4 Å². The second kappa shape index (κ2) is 6.32. The Kier molecular flexibility index (Phi) is 4.69. The van der Waals surface area contributed by atoms with Crippen LogP contribution in [0.4, 0.5) is 0 Å². The third kappa shape index (κ3) is 3.28. The highest BCUT2D eigenvalue weighted by atomic mass is 35.5. The molecule has 0 radical (unpaired) electrons. The number of hydrogen-bond donors (Lipinski definition) is 1. The second-order valence-electron chi connectivity index (χ2n) is 4.99. The number of nitrogens with zero attached hydrogens (tertiary/aromatic N) is 2. The van der Waals surface area contributed by atoms with Crippen molar-refractivity contribution in [3.8, 4) is 11.5 Å². The van der Waals surface area contributed by atoms with Gasteiger partial charge in [0.25, 0.3) is 5.89 Å². The lowest BCUT2D eigenvalue weighted by Crippen LogP contribution is -2.44. The third-order valence-corrected chi connectivity index (χ3v) is 3.58. The Balaban J connectivity index is 0.00000161. The molecule has 0 amide bonds. The second-order valence-corrected chi connectivity index (χ2v) is 4.99. The van der Waals surface area contributed by atoms with Gasteiger partial charge in [0.1, 0.15) is 11.5 Å². The lowest BCUT2D eigenvalue weighted by molar-refractivity contribution is 0.223. The summed E-state index contributed by atoms with van der Waals surface area (Å²) in [6, 6.07) is 7.31. The smallest absolute Gasteiger partial charge is 0.264 e. The van der Waals surface area contributed by atoms with E-state index in [-0.39, 0.29) is 19.0 Å². The molecule has 0 atom stereocenters. The molecule has 1 aromatic carbocycles. The Labute approximate surface area is 129 Å². The number of nitrogens with two attached hydrogens (primary N) is 1. The summed E-state index contributed by atoms with van der Waals surface area (Å²) >= 11 is 0. The number of aromatic nitrogens is 2. The molecule has 2 N–H and O–H groups in total. The van der Waals surface area contributed by atoms with Gasteiger partial charge >= 0.3 is 0 Å². The summed E-state index contributed by atoms with van der Waals surface area (Å²) in [7, 11) is 1.62. The maximum Gasteiger partial charge on any atom is 0.264 e. The van der Waals surface area contributed by atoms with Gasteiger partial charge in [-0.05, 0) is 43.5 Å². The van der Waals surface area contributed by atoms with Crippen LogP contribution in [0.5, 0.6) is 11.5 Å². The molecule has 0 aliphatic heterocycles. The van der Waals surface area contributed by atoms with Crippen LogP contribution < -0.4 is 15.2 Å². The highest BCUT2D eigenvalue weighted by molar-refractivity contribution is 5.85. The molecule has 0 unspecified atom stereocenters. The molecule has 1 aliphatic carbocycles. The Morgan fingerprint density at radius 2 is 1.90 bits per heavy atom. The number of halogens is 1. The van der Waals surface area contributed by atoms with Crippen molar-refractivity contribution in [3.05, 3.63) is 36.0 Å². The minimum Gasteiger partial charge on any atom is -0.497 e. The molecular formula is C14H18ClN3O3. The number of ether oxygens (including phenoxy) is 2. The molecule has 1 aromatic heterocycles. The summed E-state index contributed by atoms with van der Waals surface area (Å²) in [6.07, 6.45) is 2.93. The molecule has 7 heteroatoms. The standard InChI is InChI=1S/C14H17N3O3.ClH/c1-18-10-3-5-11(6-4-10)19-9-12-16-13(17-20-12)14(15)7-2-8-14;/h3-6H,2,7-9,15H2,1H3;1H. The predicted molar refractivity (Wildman–Crippen MR) is 78.6 cm³/mol. The van der Waals surface area contributed by atoms with Gasteiger partial charge in [0, 0.05) is 0 Å². The number of hydrogen-bond acceptors (Lipinski definition) is 6. The molecule has 0 spiro atoms. The van der Waals surface area contributed by atoms with Crippen molar-refractivity contribution in [1.29, 1.82) is 0 Å². The zero-order valence-corrected chi connectivity index (χ0v) is 12.6. The van der Waals surface area contributed by atoms with E-state index < -0.39 is 5.54 Å². The first-order valence-electron chi connectivity index (χ1n) is 6.58. The van der Waals surface area contributed by atoms with E-state index in [1.54, 1.807) is 7.11 Å². The summed E-state index contributed by atoms with van der Waals surface area (Å²) in [4.78, 5) is 4.30. The normalized spacial score (nSPS) is 15.7.